The van der Waals surface area contributed by atoms with Gasteiger partial charge in [-0.05, 0) is 73.9 Å². The summed E-state index contributed by atoms with van der Waals surface area (Å²) in [6.07, 6.45) is 2.93. The normalized spacial score (nSPS) is 16.8. The Hall–Kier alpha value is -3.43. The number of hydrogen-bond acceptors (Lipinski definition) is 6. The number of para-hydroxylation sites is 2. The molecule has 9 heteroatoms. The van der Waals surface area contributed by atoms with Crippen molar-refractivity contribution in [2.24, 2.45) is 5.92 Å². The van der Waals surface area contributed by atoms with Crippen LogP contribution < -0.4 is 15.8 Å². The maximum atomic E-state index is 14.1. The fourth-order valence-corrected chi connectivity index (χ4v) is 7.61. The Bertz CT molecular complexity index is 1670. The van der Waals surface area contributed by atoms with Crippen LogP contribution in [0.1, 0.15) is 34.9 Å². The van der Waals surface area contributed by atoms with Crippen LogP contribution >= 0.6 is 23.1 Å². The molecule has 0 spiro atoms. The molecule has 4 aromatic rings. The number of aryl methyl sites for hydroxylation is 3. The third kappa shape index (κ3) is 4.33. The summed E-state index contributed by atoms with van der Waals surface area (Å²) in [7, 11) is 0. The molecule has 2 amide bonds. The maximum absolute atomic E-state index is 14.1. The summed E-state index contributed by atoms with van der Waals surface area (Å²) in [5.41, 5.74) is 5.15. The Kier molecular flexibility index (Phi) is 6.36. The number of aromatic nitrogens is 2. The average molecular weight is 545 g/mol. The van der Waals surface area contributed by atoms with E-state index < -0.39 is 0 Å². The highest BCUT2D eigenvalue weighted by atomic mass is 32.2. The zero-order chi connectivity index (χ0) is 26.6. The molecule has 1 aliphatic carbocycles. The molecule has 0 unspecified atom stereocenters. The van der Waals surface area contributed by atoms with E-state index >= 15 is 0 Å². The van der Waals surface area contributed by atoms with Crippen molar-refractivity contribution in [2.75, 3.05) is 22.5 Å². The van der Waals surface area contributed by atoms with Gasteiger partial charge in [-0.2, -0.15) is 0 Å². The van der Waals surface area contributed by atoms with Crippen molar-refractivity contribution in [1.82, 2.24) is 9.55 Å². The van der Waals surface area contributed by atoms with Crippen LogP contribution in [-0.4, -0.2) is 33.7 Å². The number of amides is 2. The molecule has 0 bridgehead atoms. The minimum Gasteiger partial charge on any atom is -0.323 e. The summed E-state index contributed by atoms with van der Waals surface area (Å²) >= 11 is 2.86. The minimum atomic E-state index is -0.229. The molecule has 2 aromatic heterocycles. The maximum Gasteiger partial charge on any atom is 0.267 e. The van der Waals surface area contributed by atoms with Crippen LogP contribution in [0.2, 0.25) is 0 Å². The standard InChI is InChI=1S/C29H28N4O3S2/c1-16-8-10-18(3)22(12-16)33-28(36)26-19-11-9-17(2)13-23(19)38-27(26)31-29(33)37-15-25(35)32-14-24(34)30-20-6-4-5-7-21(20)32/h4-8,10,12,17H,9,11,13-15H2,1-3H3,(H,30,34)/t17-/m1/s1. The van der Waals surface area contributed by atoms with Gasteiger partial charge in [0.25, 0.3) is 5.56 Å². The summed E-state index contributed by atoms with van der Waals surface area (Å²) < 4.78 is 1.69. The lowest BCUT2D eigenvalue weighted by Crippen LogP contribution is -2.43. The molecule has 194 valence electrons. The van der Waals surface area contributed by atoms with Gasteiger partial charge in [0.1, 0.15) is 11.4 Å². The molecule has 1 atom stereocenters. The first-order valence-electron chi connectivity index (χ1n) is 12.8. The number of thioether (sulfide) groups is 1. The number of hydrogen-bond donors (Lipinski definition) is 1. The number of thiophene rings is 1. The van der Waals surface area contributed by atoms with Gasteiger partial charge in [0.15, 0.2) is 5.16 Å². The van der Waals surface area contributed by atoms with Gasteiger partial charge in [-0.25, -0.2) is 4.98 Å². The van der Waals surface area contributed by atoms with E-state index in [9.17, 15) is 14.4 Å². The summed E-state index contributed by atoms with van der Waals surface area (Å²) in [4.78, 5) is 48.3. The molecule has 38 heavy (non-hydrogen) atoms. The molecule has 2 aliphatic rings. The summed E-state index contributed by atoms with van der Waals surface area (Å²) in [5, 5.41) is 4.03. The monoisotopic (exact) mass is 544 g/mol. The zero-order valence-electron chi connectivity index (χ0n) is 21.5. The number of carbonyl (C=O) groups is 2. The fraction of sp³-hybridized carbons (Fsp3) is 0.310. The average Bonchev–Trinajstić information content (AvgIpc) is 3.26. The smallest absolute Gasteiger partial charge is 0.267 e. The number of fused-ring (bicyclic) bond motifs is 4. The van der Waals surface area contributed by atoms with Crippen LogP contribution in [0.5, 0.6) is 0 Å². The second kappa shape index (κ2) is 9.71. The Balaban J connectivity index is 1.43. The first-order valence-corrected chi connectivity index (χ1v) is 14.6. The van der Waals surface area contributed by atoms with Gasteiger partial charge in [0.2, 0.25) is 11.8 Å². The molecule has 0 saturated heterocycles. The highest BCUT2D eigenvalue weighted by Gasteiger charge is 2.29. The van der Waals surface area contributed by atoms with Crippen molar-refractivity contribution < 1.29 is 9.59 Å². The molecule has 3 heterocycles. The van der Waals surface area contributed by atoms with Gasteiger partial charge in [-0.3, -0.25) is 19.0 Å². The highest BCUT2D eigenvalue weighted by molar-refractivity contribution is 7.99. The molecule has 1 N–H and O–H groups in total. The van der Waals surface area contributed by atoms with Crippen LogP contribution in [0.15, 0.2) is 52.4 Å². The predicted molar refractivity (Wildman–Crippen MR) is 154 cm³/mol. The lowest BCUT2D eigenvalue weighted by molar-refractivity contribution is -0.120. The van der Waals surface area contributed by atoms with Crippen LogP contribution in [0.3, 0.4) is 0 Å². The van der Waals surface area contributed by atoms with Crippen molar-refractivity contribution >= 4 is 56.5 Å². The minimum absolute atomic E-state index is 0.0392. The number of nitrogens with one attached hydrogen (secondary N) is 1. The molecular weight excluding hydrogens is 516 g/mol. The molecule has 0 saturated carbocycles. The van der Waals surface area contributed by atoms with E-state index in [-0.39, 0.29) is 29.7 Å². The number of carbonyl (C=O) groups excluding carboxylic acids is 2. The van der Waals surface area contributed by atoms with Gasteiger partial charge in [-0.15, -0.1) is 11.3 Å². The van der Waals surface area contributed by atoms with Crippen molar-refractivity contribution in [3.8, 4) is 5.69 Å². The largest absolute Gasteiger partial charge is 0.323 e. The number of rotatable bonds is 4. The molecule has 0 radical (unpaired) electrons. The molecular formula is C29H28N4O3S2. The lowest BCUT2D eigenvalue weighted by atomic mass is 9.89. The molecule has 2 aromatic carbocycles. The molecule has 6 rings (SSSR count). The number of nitrogens with zero attached hydrogens (tertiary/aromatic N) is 3. The van der Waals surface area contributed by atoms with Crippen LogP contribution in [0.25, 0.3) is 15.9 Å². The third-order valence-corrected chi connectivity index (χ3v) is 9.37. The van der Waals surface area contributed by atoms with Gasteiger partial charge in [0, 0.05) is 4.88 Å². The first kappa shape index (κ1) is 24.9. The summed E-state index contributed by atoms with van der Waals surface area (Å²) in [5.74, 6) is 0.200. The van der Waals surface area contributed by atoms with Crippen molar-refractivity contribution in [2.45, 2.75) is 45.2 Å². The quantitative estimate of drug-likeness (QED) is 0.280. The Morgan fingerprint density at radius 2 is 1.97 bits per heavy atom. The van der Waals surface area contributed by atoms with E-state index in [1.165, 1.54) is 21.5 Å². The Morgan fingerprint density at radius 1 is 1.16 bits per heavy atom. The summed E-state index contributed by atoms with van der Waals surface area (Å²) in [6, 6.07) is 13.3. The van der Waals surface area contributed by atoms with E-state index in [1.807, 2.05) is 50.2 Å². The van der Waals surface area contributed by atoms with Crippen LogP contribution in [0, 0.1) is 19.8 Å². The van der Waals surface area contributed by atoms with Gasteiger partial charge in [-0.1, -0.05) is 43.0 Å². The number of benzene rings is 2. The molecule has 1 aliphatic heterocycles. The Morgan fingerprint density at radius 3 is 2.82 bits per heavy atom. The van der Waals surface area contributed by atoms with Gasteiger partial charge >= 0.3 is 0 Å². The second-order valence-corrected chi connectivity index (χ2v) is 12.2. The third-order valence-electron chi connectivity index (χ3n) is 7.30. The van der Waals surface area contributed by atoms with Crippen molar-refractivity contribution in [3.05, 3.63) is 74.4 Å². The van der Waals surface area contributed by atoms with E-state index in [0.717, 1.165) is 51.9 Å². The van der Waals surface area contributed by atoms with Crippen molar-refractivity contribution in [1.29, 1.82) is 0 Å². The van der Waals surface area contributed by atoms with E-state index in [2.05, 4.69) is 12.2 Å². The number of anilines is 2. The topological polar surface area (TPSA) is 84.3 Å². The fourth-order valence-electron chi connectivity index (χ4n) is 5.30. The predicted octanol–water partition coefficient (Wildman–Crippen LogP) is 5.27. The lowest BCUT2D eigenvalue weighted by Gasteiger charge is -2.29. The van der Waals surface area contributed by atoms with Crippen molar-refractivity contribution in [3.63, 3.8) is 0 Å². The van der Waals surface area contributed by atoms with E-state index in [4.69, 9.17) is 4.98 Å². The van der Waals surface area contributed by atoms with E-state index in [0.29, 0.717) is 22.4 Å². The zero-order valence-corrected chi connectivity index (χ0v) is 23.2. The highest BCUT2D eigenvalue weighted by Crippen LogP contribution is 2.37. The van der Waals surface area contributed by atoms with Crippen LogP contribution in [-0.2, 0) is 22.4 Å². The molecule has 7 nitrogen and oxygen atoms in total. The summed E-state index contributed by atoms with van der Waals surface area (Å²) in [6.45, 7) is 6.20. The Labute approximate surface area is 228 Å². The van der Waals surface area contributed by atoms with Crippen LogP contribution in [0.4, 0.5) is 11.4 Å². The first-order chi connectivity index (χ1) is 18.3. The van der Waals surface area contributed by atoms with Gasteiger partial charge in [0.05, 0.1) is 28.2 Å². The van der Waals surface area contributed by atoms with E-state index in [1.54, 1.807) is 22.0 Å². The second-order valence-electron chi connectivity index (χ2n) is 10.2. The van der Waals surface area contributed by atoms with Gasteiger partial charge < -0.3 is 10.2 Å². The molecule has 0 fully saturated rings. The SMILES string of the molecule is Cc1ccc(C)c(-n2c(SCC(=O)N3CC(=O)Nc4ccccc43)nc3sc4c(c3c2=O)CC[C@@H](C)C4)c1.